The molecule has 0 bridgehead atoms. The molecule has 2 aromatic rings. The van der Waals surface area contributed by atoms with E-state index >= 15 is 0 Å². The molecule has 0 radical (unpaired) electrons. The quantitative estimate of drug-likeness (QED) is 0.508. The highest BCUT2D eigenvalue weighted by Gasteiger charge is 2.48. The number of amides is 1. The summed E-state index contributed by atoms with van der Waals surface area (Å²) >= 11 is 0. The molecular weight excluding hydrogens is 434 g/mol. The molecule has 4 nitrogen and oxygen atoms in total. The molecule has 0 saturated heterocycles. The number of alkyl halides is 4. The van der Waals surface area contributed by atoms with Crippen molar-refractivity contribution in [1.82, 2.24) is 10.6 Å². The van der Waals surface area contributed by atoms with Crippen molar-refractivity contribution in [2.45, 2.75) is 69.5 Å². The summed E-state index contributed by atoms with van der Waals surface area (Å²) in [5, 5.41) is 14.0. The number of benzene rings is 2. The average Bonchev–Trinajstić information content (AvgIpc) is 3.50. The van der Waals surface area contributed by atoms with E-state index in [2.05, 4.69) is 10.6 Å². The third-order valence-corrected chi connectivity index (χ3v) is 5.66. The standard InChI is InChI=1S/C25H27F4N3O/c1-16-4-6-17(7-5-16)18-8-10-19(11-9-18)21(25(27,28)29)31-20(14-23(2,3)26)22(33)32-24(15-30)12-13-24/h4-11,20-21,31H,12-14H2,1-3H3,(H,32,33)/t20-,21-/m0/s1. The number of halogens is 4. The van der Waals surface area contributed by atoms with E-state index < -0.39 is 41.8 Å². The fourth-order valence-corrected chi connectivity index (χ4v) is 3.62. The molecule has 0 unspecified atom stereocenters. The van der Waals surface area contributed by atoms with Gasteiger partial charge in [-0.2, -0.15) is 18.4 Å². The smallest absolute Gasteiger partial charge is 0.336 e. The Kier molecular flexibility index (Phi) is 6.85. The highest BCUT2D eigenvalue weighted by Crippen LogP contribution is 2.37. The predicted molar refractivity (Wildman–Crippen MR) is 118 cm³/mol. The summed E-state index contributed by atoms with van der Waals surface area (Å²) in [6.07, 6.45) is -4.36. The van der Waals surface area contributed by atoms with Gasteiger partial charge in [0.2, 0.25) is 5.91 Å². The molecule has 0 aliphatic heterocycles. The van der Waals surface area contributed by atoms with Crippen LogP contribution >= 0.6 is 0 Å². The van der Waals surface area contributed by atoms with E-state index in [1.165, 1.54) is 26.0 Å². The Bertz CT molecular complexity index is 1010. The zero-order chi connectivity index (χ0) is 24.4. The molecule has 1 saturated carbocycles. The first-order valence-electron chi connectivity index (χ1n) is 10.7. The Morgan fingerprint density at radius 2 is 1.55 bits per heavy atom. The summed E-state index contributed by atoms with van der Waals surface area (Å²) in [6.45, 7) is 4.34. The summed E-state index contributed by atoms with van der Waals surface area (Å²) in [5.74, 6) is -0.815. The minimum absolute atomic E-state index is 0.0887. The minimum Gasteiger partial charge on any atom is -0.336 e. The maximum atomic E-state index is 14.4. The number of nitrogens with zero attached hydrogens (tertiary/aromatic N) is 1. The van der Waals surface area contributed by atoms with E-state index in [-0.39, 0.29) is 5.56 Å². The lowest BCUT2D eigenvalue weighted by Crippen LogP contribution is -2.53. The largest absolute Gasteiger partial charge is 0.407 e. The Hall–Kier alpha value is -2.92. The van der Waals surface area contributed by atoms with Crippen LogP contribution in [0.4, 0.5) is 17.6 Å². The second kappa shape index (κ2) is 9.14. The van der Waals surface area contributed by atoms with Crippen LogP contribution in [0.25, 0.3) is 11.1 Å². The average molecular weight is 462 g/mol. The van der Waals surface area contributed by atoms with Crippen molar-refractivity contribution in [2.24, 2.45) is 0 Å². The molecule has 1 amide bonds. The van der Waals surface area contributed by atoms with E-state index in [0.717, 1.165) is 16.7 Å². The monoisotopic (exact) mass is 461 g/mol. The van der Waals surface area contributed by atoms with Crippen molar-refractivity contribution in [1.29, 1.82) is 5.26 Å². The number of carbonyl (C=O) groups excluding carboxylic acids is 1. The zero-order valence-electron chi connectivity index (χ0n) is 18.8. The number of nitrogens with one attached hydrogen (secondary N) is 2. The van der Waals surface area contributed by atoms with Crippen LogP contribution in [0.3, 0.4) is 0 Å². The fraction of sp³-hybridized carbons (Fsp3) is 0.440. The van der Waals surface area contributed by atoms with Crippen LogP contribution in [-0.2, 0) is 4.79 Å². The molecule has 0 spiro atoms. The van der Waals surface area contributed by atoms with Crippen LogP contribution in [0.15, 0.2) is 48.5 Å². The summed E-state index contributed by atoms with van der Waals surface area (Å²) < 4.78 is 56.4. The van der Waals surface area contributed by atoms with Crippen molar-refractivity contribution in [3.63, 3.8) is 0 Å². The van der Waals surface area contributed by atoms with Crippen molar-refractivity contribution in [3.05, 3.63) is 59.7 Å². The number of carbonyl (C=O) groups is 1. The van der Waals surface area contributed by atoms with E-state index in [4.69, 9.17) is 0 Å². The zero-order valence-corrected chi connectivity index (χ0v) is 18.8. The Labute approximate surface area is 191 Å². The molecule has 3 rings (SSSR count). The molecule has 2 N–H and O–H groups in total. The predicted octanol–water partition coefficient (Wildman–Crippen LogP) is 5.53. The molecule has 33 heavy (non-hydrogen) atoms. The maximum absolute atomic E-state index is 14.4. The van der Waals surface area contributed by atoms with Gasteiger partial charge in [0.25, 0.3) is 0 Å². The van der Waals surface area contributed by atoms with Gasteiger partial charge in [-0.25, -0.2) is 4.39 Å². The highest BCUT2D eigenvalue weighted by atomic mass is 19.4. The molecule has 0 aromatic heterocycles. The normalized spacial score (nSPS) is 17.0. The van der Waals surface area contributed by atoms with Crippen molar-refractivity contribution in [2.75, 3.05) is 0 Å². The maximum Gasteiger partial charge on any atom is 0.407 e. The lowest BCUT2D eigenvalue weighted by atomic mass is 9.96. The first kappa shape index (κ1) is 24.7. The molecule has 2 aromatic carbocycles. The first-order chi connectivity index (χ1) is 15.3. The van der Waals surface area contributed by atoms with Crippen LogP contribution in [0.2, 0.25) is 0 Å². The number of rotatable bonds is 8. The van der Waals surface area contributed by atoms with Crippen molar-refractivity contribution < 1.29 is 22.4 Å². The molecule has 1 aliphatic carbocycles. The molecule has 176 valence electrons. The summed E-state index contributed by atoms with van der Waals surface area (Å²) in [5.41, 5.74) is -0.365. The Morgan fingerprint density at radius 3 is 1.97 bits per heavy atom. The van der Waals surface area contributed by atoms with Crippen molar-refractivity contribution >= 4 is 5.91 Å². The van der Waals surface area contributed by atoms with Gasteiger partial charge in [-0.1, -0.05) is 54.1 Å². The Balaban J connectivity index is 1.86. The van der Waals surface area contributed by atoms with Crippen LogP contribution in [0, 0.1) is 18.3 Å². The molecule has 1 fully saturated rings. The van der Waals surface area contributed by atoms with Crippen molar-refractivity contribution in [3.8, 4) is 17.2 Å². The van der Waals surface area contributed by atoms with Gasteiger partial charge in [-0.05, 0) is 50.3 Å². The summed E-state index contributed by atoms with van der Waals surface area (Å²) in [6, 6.07) is 11.8. The minimum atomic E-state index is -4.73. The van der Waals surface area contributed by atoms with Gasteiger partial charge in [0, 0.05) is 6.42 Å². The molecular formula is C25H27F4N3O. The van der Waals surface area contributed by atoms with Crippen LogP contribution in [0.5, 0.6) is 0 Å². The van der Waals surface area contributed by atoms with Crippen LogP contribution in [-0.4, -0.2) is 29.3 Å². The molecule has 1 aliphatic rings. The number of hydrogen-bond acceptors (Lipinski definition) is 3. The van der Waals surface area contributed by atoms with Crippen LogP contribution < -0.4 is 10.6 Å². The second-order valence-electron chi connectivity index (χ2n) is 9.29. The third kappa shape index (κ3) is 6.55. The number of hydrogen-bond donors (Lipinski definition) is 2. The number of aryl methyl sites for hydroxylation is 1. The van der Waals surface area contributed by atoms with Gasteiger partial charge in [0.15, 0.2) is 0 Å². The fourth-order valence-electron chi connectivity index (χ4n) is 3.62. The van der Waals surface area contributed by atoms with E-state index in [1.807, 2.05) is 37.3 Å². The topological polar surface area (TPSA) is 64.9 Å². The first-order valence-corrected chi connectivity index (χ1v) is 10.7. The summed E-state index contributed by atoms with van der Waals surface area (Å²) in [7, 11) is 0. The van der Waals surface area contributed by atoms with E-state index in [0.29, 0.717) is 12.8 Å². The SMILES string of the molecule is Cc1ccc(-c2ccc([C@H](N[C@@H](CC(C)(C)F)C(=O)NC3(C#N)CC3)C(F)(F)F)cc2)cc1. The van der Waals surface area contributed by atoms with Crippen LogP contribution in [0.1, 0.15) is 50.3 Å². The van der Waals surface area contributed by atoms with Gasteiger partial charge >= 0.3 is 6.18 Å². The van der Waals surface area contributed by atoms with Gasteiger partial charge in [-0.15, -0.1) is 0 Å². The summed E-state index contributed by atoms with van der Waals surface area (Å²) in [4.78, 5) is 12.7. The van der Waals surface area contributed by atoms with Gasteiger partial charge in [-0.3, -0.25) is 10.1 Å². The highest BCUT2D eigenvalue weighted by molar-refractivity contribution is 5.83. The van der Waals surface area contributed by atoms with Gasteiger partial charge in [0.1, 0.15) is 17.2 Å². The Morgan fingerprint density at radius 1 is 1.03 bits per heavy atom. The van der Waals surface area contributed by atoms with E-state index in [9.17, 15) is 27.6 Å². The number of nitriles is 1. The molecule has 2 atom stereocenters. The molecule has 0 heterocycles. The lowest BCUT2D eigenvalue weighted by molar-refractivity contribution is -0.161. The second-order valence-corrected chi connectivity index (χ2v) is 9.29. The van der Waals surface area contributed by atoms with Gasteiger partial charge < -0.3 is 5.32 Å². The molecule has 8 heteroatoms. The van der Waals surface area contributed by atoms with E-state index in [1.54, 1.807) is 12.1 Å². The van der Waals surface area contributed by atoms with Gasteiger partial charge in [0.05, 0.1) is 12.1 Å². The third-order valence-electron chi connectivity index (χ3n) is 5.66. The lowest BCUT2D eigenvalue weighted by Gasteiger charge is -2.30.